The van der Waals surface area contributed by atoms with Gasteiger partial charge in [-0.2, -0.15) is 0 Å². The van der Waals surface area contributed by atoms with Crippen LogP contribution in [0.4, 0.5) is 0 Å². The number of hydrogen-bond acceptors (Lipinski definition) is 4. The topological polar surface area (TPSA) is 87.3 Å². The summed E-state index contributed by atoms with van der Waals surface area (Å²) in [5, 5.41) is 5.15. The quantitative estimate of drug-likeness (QED) is 0.596. The van der Waals surface area contributed by atoms with Crippen LogP contribution in [0.2, 0.25) is 0 Å². The molecule has 0 aliphatic carbocycles. The van der Waals surface area contributed by atoms with Gasteiger partial charge in [0.15, 0.2) is 0 Å². The summed E-state index contributed by atoms with van der Waals surface area (Å²) in [4.78, 5) is 11.5. The van der Waals surface area contributed by atoms with E-state index in [-0.39, 0.29) is 17.7 Å². The number of carbonyl (C=O) groups excluding carboxylic acids is 1. The lowest BCUT2D eigenvalue weighted by molar-refractivity contribution is -0.128. The average Bonchev–Trinajstić information content (AvgIpc) is 2.79. The number of carbonyl (C=O) groups is 1. The third-order valence-electron chi connectivity index (χ3n) is 3.01. The van der Waals surface area contributed by atoms with Crippen molar-refractivity contribution in [3.63, 3.8) is 0 Å². The third-order valence-corrected chi connectivity index (χ3v) is 4.84. The van der Waals surface area contributed by atoms with E-state index in [0.717, 1.165) is 6.54 Å². The van der Waals surface area contributed by atoms with Crippen molar-refractivity contribution in [1.29, 1.82) is 0 Å². The molecule has 1 saturated heterocycles. The molecule has 0 spiro atoms. The third kappa shape index (κ3) is 3.65. The van der Waals surface area contributed by atoms with E-state index < -0.39 is 15.4 Å². The van der Waals surface area contributed by atoms with Crippen molar-refractivity contribution >= 4 is 15.9 Å². The fourth-order valence-electron chi connectivity index (χ4n) is 1.71. The van der Waals surface area contributed by atoms with Gasteiger partial charge in [0.25, 0.3) is 0 Å². The zero-order valence-corrected chi connectivity index (χ0v) is 11.4. The molecule has 1 amide bonds. The van der Waals surface area contributed by atoms with Crippen LogP contribution >= 0.6 is 0 Å². The number of sulfonamides is 1. The summed E-state index contributed by atoms with van der Waals surface area (Å²) in [5.41, 5.74) is -0.742. The van der Waals surface area contributed by atoms with Gasteiger partial charge in [0.1, 0.15) is 0 Å². The molecular weight excluding hydrogens is 242 g/mol. The van der Waals surface area contributed by atoms with Crippen molar-refractivity contribution in [3.05, 3.63) is 0 Å². The highest BCUT2D eigenvalue weighted by Crippen LogP contribution is 2.15. The Kier molecular flexibility index (Phi) is 4.51. The maximum Gasteiger partial charge on any atom is 0.226 e. The second-order valence-electron chi connectivity index (χ2n) is 4.94. The number of nitrogens with one attached hydrogen (secondary N) is 3. The molecule has 0 bridgehead atoms. The van der Waals surface area contributed by atoms with Gasteiger partial charge in [-0.3, -0.25) is 4.79 Å². The molecule has 17 heavy (non-hydrogen) atoms. The van der Waals surface area contributed by atoms with Crippen LogP contribution in [-0.4, -0.2) is 46.3 Å². The van der Waals surface area contributed by atoms with Crippen LogP contribution in [-0.2, 0) is 14.8 Å². The summed E-state index contributed by atoms with van der Waals surface area (Å²) in [6.07, 6.45) is 0.621. The van der Waals surface area contributed by atoms with Gasteiger partial charge in [-0.05, 0) is 26.8 Å². The highest BCUT2D eigenvalue weighted by Gasteiger charge is 2.32. The minimum atomic E-state index is -3.33. The zero-order valence-electron chi connectivity index (χ0n) is 10.5. The highest BCUT2D eigenvalue weighted by molar-refractivity contribution is 7.90. The molecule has 3 N–H and O–H groups in total. The molecule has 0 aromatic rings. The number of rotatable bonds is 5. The lowest BCUT2D eigenvalue weighted by atomic mass is 9.93. The van der Waals surface area contributed by atoms with E-state index in [1.54, 1.807) is 20.9 Å². The van der Waals surface area contributed by atoms with Gasteiger partial charge in [0.2, 0.25) is 15.9 Å². The molecule has 1 unspecified atom stereocenters. The van der Waals surface area contributed by atoms with E-state index >= 15 is 0 Å². The number of hydrogen-bond donors (Lipinski definition) is 3. The molecule has 7 heteroatoms. The Labute approximate surface area is 103 Å². The molecule has 1 rings (SSSR count). The van der Waals surface area contributed by atoms with Gasteiger partial charge in [-0.25, -0.2) is 13.1 Å². The molecule has 0 radical (unpaired) electrons. The molecule has 0 aromatic carbocycles. The van der Waals surface area contributed by atoms with Crippen LogP contribution in [0.1, 0.15) is 20.3 Å². The van der Waals surface area contributed by atoms with Crippen LogP contribution < -0.4 is 15.4 Å². The second kappa shape index (κ2) is 5.32. The summed E-state index contributed by atoms with van der Waals surface area (Å²) in [5.74, 6) is -0.176. The Hall–Kier alpha value is -0.660. The maximum atomic E-state index is 11.9. The Balaban J connectivity index is 2.57. The smallest absolute Gasteiger partial charge is 0.226 e. The monoisotopic (exact) mass is 263 g/mol. The Bertz CT molecular complexity index is 372. The van der Waals surface area contributed by atoms with Gasteiger partial charge in [0.05, 0.1) is 10.7 Å². The first-order valence-electron chi connectivity index (χ1n) is 5.71. The van der Waals surface area contributed by atoms with Crippen molar-refractivity contribution in [2.45, 2.75) is 25.5 Å². The summed E-state index contributed by atoms with van der Waals surface area (Å²) in [7, 11) is -1.79. The van der Waals surface area contributed by atoms with Crippen LogP contribution in [0, 0.1) is 5.41 Å². The van der Waals surface area contributed by atoms with Gasteiger partial charge in [-0.1, -0.05) is 0 Å². The van der Waals surface area contributed by atoms with Crippen molar-refractivity contribution in [2.24, 2.45) is 5.41 Å². The zero-order chi connectivity index (χ0) is 13.1. The summed E-state index contributed by atoms with van der Waals surface area (Å²) >= 11 is 0. The van der Waals surface area contributed by atoms with Crippen LogP contribution in [0.5, 0.6) is 0 Å². The van der Waals surface area contributed by atoms with E-state index in [9.17, 15) is 13.2 Å². The first kappa shape index (κ1) is 14.4. The molecule has 0 aromatic heterocycles. The van der Waals surface area contributed by atoms with Gasteiger partial charge < -0.3 is 10.6 Å². The number of amides is 1. The van der Waals surface area contributed by atoms with E-state index in [0.29, 0.717) is 13.0 Å². The van der Waals surface area contributed by atoms with Crippen molar-refractivity contribution in [2.75, 3.05) is 26.7 Å². The molecular formula is C10H21N3O3S. The highest BCUT2D eigenvalue weighted by atomic mass is 32.2. The lowest BCUT2D eigenvalue weighted by Gasteiger charge is -2.23. The molecule has 1 atom stereocenters. The van der Waals surface area contributed by atoms with Crippen molar-refractivity contribution in [1.82, 2.24) is 15.4 Å². The summed E-state index contributed by atoms with van der Waals surface area (Å²) < 4.78 is 26.3. The van der Waals surface area contributed by atoms with E-state index in [1.807, 2.05) is 0 Å². The predicted molar refractivity (Wildman–Crippen MR) is 66.0 cm³/mol. The van der Waals surface area contributed by atoms with Gasteiger partial charge in [-0.15, -0.1) is 0 Å². The Morgan fingerprint density at radius 2 is 2.12 bits per heavy atom. The van der Waals surface area contributed by atoms with Crippen LogP contribution in [0.25, 0.3) is 0 Å². The van der Waals surface area contributed by atoms with Crippen LogP contribution in [0.3, 0.4) is 0 Å². The fraction of sp³-hybridized carbons (Fsp3) is 0.900. The Morgan fingerprint density at radius 1 is 1.47 bits per heavy atom. The Morgan fingerprint density at radius 3 is 2.59 bits per heavy atom. The van der Waals surface area contributed by atoms with E-state index in [1.165, 1.54) is 0 Å². The molecule has 6 nitrogen and oxygen atoms in total. The standard InChI is InChI=1S/C10H21N3O3S/c1-10(2,9(14)11-3)7-13-17(15,16)8-4-5-12-6-8/h8,12-13H,4-7H2,1-3H3,(H,11,14). The summed E-state index contributed by atoms with van der Waals surface area (Å²) in [6.45, 7) is 4.74. The molecule has 1 heterocycles. The first-order valence-corrected chi connectivity index (χ1v) is 7.25. The van der Waals surface area contributed by atoms with E-state index in [2.05, 4.69) is 15.4 Å². The minimum Gasteiger partial charge on any atom is -0.359 e. The normalized spacial score (nSPS) is 21.5. The van der Waals surface area contributed by atoms with Gasteiger partial charge in [0, 0.05) is 20.1 Å². The van der Waals surface area contributed by atoms with Crippen molar-refractivity contribution in [3.8, 4) is 0 Å². The second-order valence-corrected chi connectivity index (χ2v) is 6.99. The molecule has 1 fully saturated rings. The fourth-order valence-corrected chi connectivity index (χ4v) is 3.27. The molecule has 100 valence electrons. The average molecular weight is 263 g/mol. The largest absolute Gasteiger partial charge is 0.359 e. The van der Waals surface area contributed by atoms with Crippen LogP contribution in [0.15, 0.2) is 0 Å². The first-order chi connectivity index (χ1) is 7.79. The minimum absolute atomic E-state index is 0.117. The molecule has 1 aliphatic rings. The van der Waals surface area contributed by atoms with E-state index in [4.69, 9.17) is 0 Å². The maximum absolute atomic E-state index is 11.9. The molecule has 1 aliphatic heterocycles. The molecule has 0 saturated carbocycles. The van der Waals surface area contributed by atoms with Crippen molar-refractivity contribution < 1.29 is 13.2 Å². The SMILES string of the molecule is CNC(=O)C(C)(C)CNS(=O)(=O)C1CCNC1. The van der Waals surface area contributed by atoms with Gasteiger partial charge >= 0.3 is 0 Å². The lowest BCUT2D eigenvalue weighted by Crippen LogP contribution is -2.46. The summed E-state index contributed by atoms with van der Waals surface area (Å²) in [6, 6.07) is 0. The predicted octanol–water partition coefficient (Wildman–Crippen LogP) is -0.960.